The normalized spacial score (nSPS) is 31.3. The fourth-order valence-electron chi connectivity index (χ4n) is 4.83. The molecule has 140 valence electrons. The van der Waals surface area contributed by atoms with E-state index in [0.717, 1.165) is 29.5 Å². The second kappa shape index (κ2) is 14.6. The van der Waals surface area contributed by atoms with Crippen molar-refractivity contribution in [1.29, 1.82) is 0 Å². The van der Waals surface area contributed by atoms with Gasteiger partial charge in [0.2, 0.25) is 0 Å². The van der Waals surface area contributed by atoms with Gasteiger partial charge in [0.15, 0.2) is 0 Å². The second-order valence-corrected chi connectivity index (χ2v) is 11.4. The molecule has 0 aromatic heterocycles. The van der Waals surface area contributed by atoms with Gasteiger partial charge in [-0.2, -0.15) is 12.1 Å². The maximum absolute atomic E-state index is 6.80. The topological polar surface area (TPSA) is 0 Å². The molecule has 0 saturated heterocycles. The van der Waals surface area contributed by atoms with Crippen LogP contribution in [0.15, 0.2) is 24.3 Å². The first-order valence-corrected chi connectivity index (χ1v) is 15.2. The van der Waals surface area contributed by atoms with Gasteiger partial charge in [-0.15, -0.1) is 0 Å². The van der Waals surface area contributed by atoms with Crippen LogP contribution in [-0.2, 0) is 20.8 Å². The van der Waals surface area contributed by atoms with Crippen LogP contribution in [0.2, 0.25) is 12.1 Å². The van der Waals surface area contributed by atoms with Gasteiger partial charge in [-0.1, -0.05) is 62.8 Å². The molecule has 0 spiro atoms. The van der Waals surface area contributed by atoms with Gasteiger partial charge in [0.1, 0.15) is 0 Å². The van der Waals surface area contributed by atoms with E-state index in [-0.39, 0.29) is 27.3 Å². The SMILES string of the molecule is CC1CC2C=CC=CC2C1C[BH-](Cl)C1CCCC1.[CH3-].[CH3-].[Cl-].[Cl][Zr+2][Cl]. The molecule has 0 amide bonds. The molecule has 0 heterocycles. The van der Waals surface area contributed by atoms with Gasteiger partial charge >= 0.3 is 37.9 Å². The third kappa shape index (κ3) is 7.68. The summed E-state index contributed by atoms with van der Waals surface area (Å²) < 4.78 is 0. The third-order valence-corrected chi connectivity index (χ3v) is 6.53. The summed E-state index contributed by atoms with van der Waals surface area (Å²) in [6.45, 7) is 2.45. The van der Waals surface area contributed by atoms with Gasteiger partial charge in [0, 0.05) is 0 Å². The first-order chi connectivity index (χ1) is 10.2. The molecule has 3 rings (SSSR count). The van der Waals surface area contributed by atoms with Crippen LogP contribution in [-0.4, -0.2) is 6.13 Å². The summed E-state index contributed by atoms with van der Waals surface area (Å²) in [6.07, 6.45) is 17.3. The summed E-state index contributed by atoms with van der Waals surface area (Å²) in [7, 11) is 9.87. The first kappa shape index (κ1) is 27.8. The number of hydrogen-bond acceptors (Lipinski definition) is 0. The van der Waals surface area contributed by atoms with Crippen LogP contribution in [0.3, 0.4) is 0 Å². The summed E-state index contributed by atoms with van der Waals surface area (Å²) >= 11 is 5.98. The Morgan fingerprint density at radius 1 is 1.08 bits per heavy atom. The fourth-order valence-corrected chi connectivity index (χ4v) is 5.39. The van der Waals surface area contributed by atoms with E-state index in [2.05, 4.69) is 31.2 Å². The van der Waals surface area contributed by atoms with Crippen LogP contribution in [0, 0.1) is 38.5 Å². The van der Waals surface area contributed by atoms with Crippen molar-refractivity contribution < 1.29 is 33.3 Å². The zero-order valence-electron chi connectivity index (χ0n) is 15.2. The molecule has 0 nitrogen and oxygen atoms in total. The zero-order valence-corrected chi connectivity index (χ0v) is 20.6. The number of halogens is 4. The monoisotopic (exact) mass is 488 g/mol. The van der Waals surface area contributed by atoms with Crippen molar-refractivity contribution in [3.63, 3.8) is 0 Å². The summed E-state index contributed by atoms with van der Waals surface area (Å²) in [5.74, 6) is 4.21. The van der Waals surface area contributed by atoms with Crippen molar-refractivity contribution in [3.05, 3.63) is 39.2 Å². The summed E-state index contributed by atoms with van der Waals surface area (Å²) in [4.78, 5) is 0. The van der Waals surface area contributed by atoms with Gasteiger partial charge in [0.05, 0.1) is 6.13 Å². The summed E-state index contributed by atoms with van der Waals surface area (Å²) in [5.41, 5.74) is 0. The molecular weight excluding hydrogens is 460 g/mol. The van der Waals surface area contributed by atoms with E-state index in [1.54, 1.807) is 0 Å². The predicted octanol–water partition coefficient (Wildman–Crippen LogP) is 4.19. The molecule has 0 bridgehead atoms. The summed E-state index contributed by atoms with van der Waals surface area (Å²) in [6, 6.07) is 0. The van der Waals surface area contributed by atoms with Crippen LogP contribution in [0.1, 0.15) is 39.0 Å². The van der Waals surface area contributed by atoms with Crippen LogP contribution in [0.4, 0.5) is 0 Å². The molecule has 0 aliphatic heterocycles. The van der Waals surface area contributed by atoms with Gasteiger partial charge in [0.25, 0.3) is 0 Å². The Bertz CT molecular complexity index is 372. The quantitative estimate of drug-likeness (QED) is 0.411. The molecule has 5 atom stereocenters. The van der Waals surface area contributed by atoms with E-state index >= 15 is 0 Å². The Morgan fingerprint density at radius 3 is 2.21 bits per heavy atom. The molecule has 0 aromatic carbocycles. The van der Waals surface area contributed by atoms with Crippen molar-refractivity contribution in [3.8, 4) is 0 Å². The summed E-state index contributed by atoms with van der Waals surface area (Å²) in [5, 5.41) is 0. The molecule has 24 heavy (non-hydrogen) atoms. The number of allylic oxidation sites excluding steroid dienone is 4. The molecular formula is C18H31BCl4Zr-2. The van der Waals surface area contributed by atoms with Gasteiger partial charge in [-0.3, -0.25) is 0 Å². The van der Waals surface area contributed by atoms with Gasteiger partial charge in [-0.25, -0.2) is 0 Å². The van der Waals surface area contributed by atoms with E-state index in [1.807, 2.05) is 0 Å². The fraction of sp³-hybridized carbons (Fsp3) is 0.667. The minimum absolute atomic E-state index is 0. The molecule has 5 unspecified atom stereocenters. The third-order valence-electron chi connectivity index (χ3n) is 5.88. The van der Waals surface area contributed by atoms with E-state index in [0.29, 0.717) is 0 Å². The Balaban J connectivity index is 0. The minimum atomic E-state index is -0.826. The van der Waals surface area contributed by atoms with E-state index in [4.69, 9.17) is 28.5 Å². The molecule has 2 saturated carbocycles. The van der Waals surface area contributed by atoms with Crippen LogP contribution in [0.25, 0.3) is 0 Å². The number of hydrogen-bond donors (Lipinski definition) is 0. The van der Waals surface area contributed by atoms with Crippen LogP contribution >= 0.6 is 28.5 Å². The van der Waals surface area contributed by atoms with Gasteiger partial charge < -0.3 is 38.7 Å². The maximum atomic E-state index is 6.80. The molecule has 2 fully saturated rings. The Morgan fingerprint density at radius 2 is 1.62 bits per heavy atom. The standard InChI is InChI=1S/C16H25BCl.2CH3.3ClH.Zr/c1-12-10-13-6-2-5-9-15(13)16(12)11-17(18)14-7-3-4-8-14;;;;;;/h2,5-6,9,12-17H,3-4,7-8,10-11H2,1H3;2*1H3;3*1H;/q3*-1;;;;+4/p-3. The first-order valence-electron chi connectivity index (χ1n) is 8.34. The van der Waals surface area contributed by atoms with Gasteiger partial charge in [-0.05, 0) is 24.2 Å². The zero-order chi connectivity index (χ0) is 15.2. The van der Waals surface area contributed by atoms with Crippen molar-refractivity contribution in [2.75, 3.05) is 0 Å². The van der Waals surface area contributed by atoms with Crippen LogP contribution in [0.5, 0.6) is 0 Å². The van der Waals surface area contributed by atoms with E-state index in [1.165, 1.54) is 38.4 Å². The average Bonchev–Trinajstić information content (AvgIpc) is 3.09. The number of fused-ring (bicyclic) bond motifs is 1. The second-order valence-electron chi connectivity index (χ2n) is 7.03. The van der Waals surface area contributed by atoms with Crippen molar-refractivity contribution in [2.45, 2.75) is 51.2 Å². The van der Waals surface area contributed by atoms with E-state index in [9.17, 15) is 0 Å². The molecule has 0 radical (unpaired) electrons. The average molecular weight is 491 g/mol. The molecule has 3 aliphatic carbocycles. The Hall–Kier alpha value is 1.59. The van der Waals surface area contributed by atoms with Crippen molar-refractivity contribution in [1.82, 2.24) is 0 Å². The Kier molecular flexibility index (Phi) is 16.9. The van der Waals surface area contributed by atoms with Crippen molar-refractivity contribution in [2.24, 2.45) is 23.7 Å². The molecule has 0 N–H and O–H groups in total. The molecule has 0 aromatic rings. The molecule has 3 aliphatic rings. The molecule has 6 heteroatoms. The Labute approximate surface area is 180 Å². The van der Waals surface area contributed by atoms with E-state index < -0.39 is 27.0 Å². The van der Waals surface area contributed by atoms with Crippen LogP contribution < -0.4 is 12.4 Å². The van der Waals surface area contributed by atoms with Crippen molar-refractivity contribution >= 4 is 34.6 Å². The predicted molar refractivity (Wildman–Crippen MR) is 107 cm³/mol. The number of rotatable bonds is 3.